The lowest BCUT2D eigenvalue weighted by atomic mass is 10.1. The van der Waals surface area contributed by atoms with Gasteiger partial charge in [-0.3, -0.25) is 4.90 Å². The number of hydrogen-bond acceptors (Lipinski definition) is 3. The van der Waals surface area contributed by atoms with E-state index in [2.05, 4.69) is 38.0 Å². The molecule has 0 radical (unpaired) electrons. The molecule has 78 valence electrons. The molecule has 1 saturated heterocycles. The van der Waals surface area contributed by atoms with Crippen molar-refractivity contribution in [2.75, 3.05) is 33.3 Å². The van der Waals surface area contributed by atoms with Crippen LogP contribution >= 0.6 is 0 Å². The molecular weight excluding hydrogens is 164 g/mol. The van der Waals surface area contributed by atoms with Gasteiger partial charge in [-0.25, -0.2) is 0 Å². The zero-order valence-electron chi connectivity index (χ0n) is 9.26. The Bertz CT molecular complexity index is 147. The Morgan fingerprint density at radius 1 is 1.46 bits per heavy atom. The number of ether oxygens (including phenoxy) is 1. The summed E-state index contributed by atoms with van der Waals surface area (Å²) in [4.78, 5) is 2.34. The Hall–Kier alpha value is -0.120. The third-order valence-electron chi connectivity index (χ3n) is 2.63. The van der Waals surface area contributed by atoms with Gasteiger partial charge in [0.15, 0.2) is 0 Å². The summed E-state index contributed by atoms with van der Waals surface area (Å²) in [6.45, 7) is 10.5. The predicted molar refractivity (Wildman–Crippen MR) is 55.0 cm³/mol. The van der Waals surface area contributed by atoms with E-state index < -0.39 is 0 Å². The summed E-state index contributed by atoms with van der Waals surface area (Å²) in [6, 6.07) is 0. The van der Waals surface area contributed by atoms with Crippen LogP contribution in [0.1, 0.15) is 20.8 Å². The van der Waals surface area contributed by atoms with E-state index in [1.165, 1.54) is 0 Å². The highest BCUT2D eigenvalue weighted by Crippen LogP contribution is 2.11. The fourth-order valence-electron chi connectivity index (χ4n) is 1.32. The molecule has 3 nitrogen and oxygen atoms in total. The van der Waals surface area contributed by atoms with Crippen LogP contribution in [0, 0.1) is 0 Å². The second-order valence-corrected chi connectivity index (χ2v) is 4.75. The van der Waals surface area contributed by atoms with Crippen LogP contribution in [0.3, 0.4) is 0 Å². The third-order valence-corrected chi connectivity index (χ3v) is 2.63. The highest BCUT2D eigenvalue weighted by atomic mass is 16.5. The zero-order chi connectivity index (χ0) is 9.90. The van der Waals surface area contributed by atoms with Crippen molar-refractivity contribution >= 4 is 0 Å². The van der Waals surface area contributed by atoms with Gasteiger partial charge >= 0.3 is 0 Å². The molecule has 0 aromatic heterocycles. The molecule has 1 rings (SSSR count). The smallest absolute Gasteiger partial charge is 0.0826 e. The van der Waals surface area contributed by atoms with Gasteiger partial charge in [0.05, 0.1) is 12.7 Å². The fraction of sp³-hybridized carbons (Fsp3) is 1.00. The maximum Gasteiger partial charge on any atom is 0.0826 e. The Morgan fingerprint density at radius 3 is 2.62 bits per heavy atom. The number of rotatable bonds is 2. The summed E-state index contributed by atoms with van der Waals surface area (Å²) in [5, 5.41) is 3.34. The summed E-state index contributed by atoms with van der Waals surface area (Å²) < 4.78 is 5.64. The molecule has 0 aliphatic carbocycles. The third kappa shape index (κ3) is 3.63. The quantitative estimate of drug-likeness (QED) is 0.687. The lowest BCUT2D eigenvalue weighted by Gasteiger charge is -2.36. The number of hydrogen-bond donors (Lipinski definition) is 1. The molecule has 0 bridgehead atoms. The minimum Gasteiger partial charge on any atom is -0.374 e. The van der Waals surface area contributed by atoms with Crippen molar-refractivity contribution in [1.82, 2.24) is 10.2 Å². The van der Waals surface area contributed by atoms with Crippen LogP contribution in [0.4, 0.5) is 0 Å². The van der Waals surface area contributed by atoms with Gasteiger partial charge in [-0.1, -0.05) is 0 Å². The molecule has 0 aromatic carbocycles. The monoisotopic (exact) mass is 186 g/mol. The molecule has 1 atom stereocenters. The first-order valence-corrected chi connectivity index (χ1v) is 5.04. The number of likely N-dealkylation sites (N-methyl/N-ethyl adjacent to an activating group) is 1. The molecule has 13 heavy (non-hydrogen) atoms. The summed E-state index contributed by atoms with van der Waals surface area (Å²) in [5.41, 5.74) is 0.237. The van der Waals surface area contributed by atoms with E-state index in [1.807, 2.05) is 0 Å². The lowest BCUT2D eigenvalue weighted by molar-refractivity contribution is -0.00554. The maximum atomic E-state index is 5.64. The van der Waals surface area contributed by atoms with Gasteiger partial charge in [0.2, 0.25) is 0 Å². The van der Waals surface area contributed by atoms with E-state index in [9.17, 15) is 0 Å². The molecule has 0 spiro atoms. The topological polar surface area (TPSA) is 24.5 Å². The Kier molecular flexibility index (Phi) is 3.71. The van der Waals surface area contributed by atoms with E-state index in [-0.39, 0.29) is 5.54 Å². The highest BCUT2D eigenvalue weighted by Gasteiger charge is 2.22. The first-order valence-electron chi connectivity index (χ1n) is 5.04. The molecule has 0 aromatic rings. The van der Waals surface area contributed by atoms with Crippen molar-refractivity contribution in [2.24, 2.45) is 0 Å². The molecule has 1 fully saturated rings. The van der Waals surface area contributed by atoms with E-state index in [4.69, 9.17) is 4.74 Å². The van der Waals surface area contributed by atoms with Crippen LogP contribution in [0.5, 0.6) is 0 Å². The first-order chi connectivity index (χ1) is 6.00. The second kappa shape index (κ2) is 4.40. The Labute approximate surface area is 81.4 Å². The minimum atomic E-state index is 0.237. The molecule has 1 N–H and O–H groups in total. The van der Waals surface area contributed by atoms with E-state index in [0.29, 0.717) is 6.10 Å². The van der Waals surface area contributed by atoms with Crippen molar-refractivity contribution in [2.45, 2.75) is 32.4 Å². The molecule has 1 heterocycles. The van der Waals surface area contributed by atoms with Crippen LogP contribution < -0.4 is 5.32 Å². The molecular formula is C10H22N2O. The van der Waals surface area contributed by atoms with Gasteiger partial charge in [0, 0.05) is 25.2 Å². The molecule has 1 unspecified atom stereocenters. The number of nitrogens with zero attached hydrogens (tertiary/aromatic N) is 1. The summed E-state index contributed by atoms with van der Waals surface area (Å²) in [7, 11) is 2.15. The fourth-order valence-corrected chi connectivity index (χ4v) is 1.32. The van der Waals surface area contributed by atoms with Gasteiger partial charge in [-0.2, -0.15) is 0 Å². The van der Waals surface area contributed by atoms with Crippen LogP contribution in [0.2, 0.25) is 0 Å². The highest BCUT2D eigenvalue weighted by molar-refractivity contribution is 4.78. The van der Waals surface area contributed by atoms with E-state index in [1.54, 1.807) is 0 Å². The molecule has 1 aliphatic heterocycles. The van der Waals surface area contributed by atoms with Gasteiger partial charge in [-0.15, -0.1) is 0 Å². The van der Waals surface area contributed by atoms with Crippen LogP contribution in [-0.4, -0.2) is 49.8 Å². The average molecular weight is 186 g/mol. The van der Waals surface area contributed by atoms with E-state index in [0.717, 1.165) is 26.2 Å². The summed E-state index contributed by atoms with van der Waals surface area (Å²) in [5.74, 6) is 0. The average Bonchev–Trinajstić information content (AvgIpc) is 2.04. The number of morpholine rings is 1. The van der Waals surface area contributed by atoms with Crippen molar-refractivity contribution < 1.29 is 4.74 Å². The number of nitrogens with one attached hydrogen (secondary N) is 1. The van der Waals surface area contributed by atoms with E-state index >= 15 is 0 Å². The Balaban J connectivity index is 2.30. The predicted octanol–water partition coefficient (Wildman–Crippen LogP) is 0.705. The van der Waals surface area contributed by atoms with Crippen molar-refractivity contribution in [3.05, 3.63) is 0 Å². The lowest BCUT2D eigenvalue weighted by Crippen LogP contribution is -2.49. The summed E-state index contributed by atoms with van der Waals surface area (Å²) in [6.07, 6.45) is 0.359. The minimum absolute atomic E-state index is 0.237. The molecule has 3 heteroatoms. The van der Waals surface area contributed by atoms with Crippen LogP contribution in [0.15, 0.2) is 0 Å². The summed E-state index contributed by atoms with van der Waals surface area (Å²) >= 11 is 0. The van der Waals surface area contributed by atoms with Gasteiger partial charge < -0.3 is 10.1 Å². The zero-order valence-corrected chi connectivity index (χ0v) is 9.26. The van der Waals surface area contributed by atoms with Crippen molar-refractivity contribution in [3.8, 4) is 0 Å². The molecule has 1 aliphatic rings. The maximum absolute atomic E-state index is 5.64. The van der Waals surface area contributed by atoms with Crippen molar-refractivity contribution in [1.29, 1.82) is 0 Å². The SMILES string of the molecule is CN(CC1CNCCO1)C(C)(C)C. The largest absolute Gasteiger partial charge is 0.374 e. The van der Waals surface area contributed by atoms with Crippen LogP contribution in [0.25, 0.3) is 0 Å². The Morgan fingerprint density at radius 2 is 2.15 bits per heavy atom. The van der Waals surface area contributed by atoms with Gasteiger partial charge in [0.25, 0.3) is 0 Å². The molecule has 0 amide bonds. The second-order valence-electron chi connectivity index (χ2n) is 4.75. The van der Waals surface area contributed by atoms with Gasteiger partial charge in [-0.05, 0) is 27.8 Å². The van der Waals surface area contributed by atoms with Crippen LogP contribution in [-0.2, 0) is 4.74 Å². The molecule has 0 saturated carbocycles. The van der Waals surface area contributed by atoms with Crippen molar-refractivity contribution in [3.63, 3.8) is 0 Å². The normalized spacial score (nSPS) is 25.2. The standard InChI is InChI=1S/C10H22N2O/c1-10(2,3)12(4)8-9-7-11-5-6-13-9/h9,11H,5-8H2,1-4H3. The van der Waals surface area contributed by atoms with Gasteiger partial charge in [0.1, 0.15) is 0 Å². The first kappa shape index (κ1) is 11.0.